The fourth-order valence-corrected chi connectivity index (χ4v) is 2.76. The maximum absolute atomic E-state index is 5.72. The highest BCUT2D eigenvalue weighted by Gasteiger charge is 2.36. The summed E-state index contributed by atoms with van der Waals surface area (Å²) in [7, 11) is 0. The van der Waals surface area contributed by atoms with Gasteiger partial charge in [-0.1, -0.05) is 84.5 Å². The second kappa shape index (κ2) is 10.8. The lowest BCUT2D eigenvalue weighted by Crippen LogP contribution is -1.94. The van der Waals surface area contributed by atoms with Gasteiger partial charge in [-0.25, -0.2) is 0 Å². The second-order valence-corrected chi connectivity index (χ2v) is 5.97. The van der Waals surface area contributed by atoms with Crippen LogP contribution < -0.4 is 0 Å². The Balaban J connectivity index is 1.74. The van der Waals surface area contributed by atoms with Gasteiger partial charge in [-0.3, -0.25) is 0 Å². The van der Waals surface area contributed by atoms with E-state index in [0.717, 1.165) is 0 Å². The minimum atomic E-state index is 0.640. The first kappa shape index (κ1) is 16.0. The zero-order chi connectivity index (χ0) is 13.1. The largest absolute Gasteiger partial charge is 0.370 e. The highest BCUT2D eigenvalue weighted by molar-refractivity contribution is 4.84. The zero-order valence-electron chi connectivity index (χ0n) is 12.8. The Bertz CT molecular complexity index is 178. The third-order valence-electron chi connectivity index (χ3n) is 4.12. The van der Waals surface area contributed by atoms with Crippen LogP contribution in [0.15, 0.2) is 0 Å². The molecule has 1 heteroatoms. The van der Waals surface area contributed by atoms with Gasteiger partial charge in [0.15, 0.2) is 0 Å². The first-order valence-electron chi connectivity index (χ1n) is 8.54. The average Bonchev–Trinajstić information content (AvgIpc) is 3.12. The molecule has 0 spiro atoms. The van der Waals surface area contributed by atoms with Crippen LogP contribution in [0.5, 0.6) is 0 Å². The van der Waals surface area contributed by atoms with Crippen LogP contribution in [-0.2, 0) is 4.74 Å². The lowest BCUT2D eigenvalue weighted by atomic mass is 10.0. The van der Waals surface area contributed by atoms with E-state index in [2.05, 4.69) is 13.8 Å². The van der Waals surface area contributed by atoms with Crippen LogP contribution in [0.2, 0.25) is 0 Å². The van der Waals surface area contributed by atoms with Crippen LogP contribution in [0, 0.1) is 0 Å². The number of unbranched alkanes of at least 4 members (excludes halogenated alkanes) is 9. The smallest absolute Gasteiger partial charge is 0.0841 e. The van der Waals surface area contributed by atoms with Crippen molar-refractivity contribution in [3.8, 4) is 0 Å². The first-order valence-corrected chi connectivity index (χ1v) is 8.54. The molecule has 0 aromatic rings. The van der Waals surface area contributed by atoms with Crippen molar-refractivity contribution in [2.75, 3.05) is 0 Å². The predicted octanol–water partition coefficient (Wildman–Crippen LogP) is 5.86. The SMILES string of the molecule is CCCCCCCCCC[C@@H]1O[C@@H]1CCCCC. The molecule has 0 unspecified atom stereocenters. The molecule has 1 aliphatic rings. The molecule has 0 aromatic carbocycles. The summed E-state index contributed by atoms with van der Waals surface area (Å²) in [6.07, 6.45) is 19.4. The van der Waals surface area contributed by atoms with Crippen molar-refractivity contribution in [1.29, 1.82) is 0 Å². The fourth-order valence-electron chi connectivity index (χ4n) is 2.76. The summed E-state index contributed by atoms with van der Waals surface area (Å²) in [5.74, 6) is 0. The van der Waals surface area contributed by atoms with E-state index < -0.39 is 0 Å². The summed E-state index contributed by atoms with van der Waals surface area (Å²) in [6, 6.07) is 0. The number of hydrogen-bond acceptors (Lipinski definition) is 1. The summed E-state index contributed by atoms with van der Waals surface area (Å²) >= 11 is 0. The predicted molar refractivity (Wildman–Crippen MR) is 80.0 cm³/mol. The van der Waals surface area contributed by atoms with Gasteiger partial charge in [-0.15, -0.1) is 0 Å². The van der Waals surface area contributed by atoms with Crippen molar-refractivity contribution in [3.63, 3.8) is 0 Å². The van der Waals surface area contributed by atoms with E-state index in [0.29, 0.717) is 12.2 Å². The molecule has 0 aromatic heterocycles. The molecule has 0 N–H and O–H groups in total. The van der Waals surface area contributed by atoms with Crippen molar-refractivity contribution < 1.29 is 4.74 Å². The molecule has 0 bridgehead atoms. The Morgan fingerprint density at radius 1 is 0.556 bits per heavy atom. The van der Waals surface area contributed by atoms with Gasteiger partial charge < -0.3 is 4.74 Å². The van der Waals surface area contributed by atoms with E-state index in [4.69, 9.17) is 4.74 Å². The standard InChI is InChI=1S/C17H34O/c1-3-5-7-8-9-10-11-13-15-17-16(18-17)14-12-6-4-2/h16-17H,3-15H2,1-2H3/t16-,17+/m1/s1. The Kier molecular flexibility index (Phi) is 9.65. The van der Waals surface area contributed by atoms with E-state index >= 15 is 0 Å². The zero-order valence-corrected chi connectivity index (χ0v) is 12.8. The maximum atomic E-state index is 5.72. The van der Waals surface area contributed by atoms with Gasteiger partial charge in [0, 0.05) is 0 Å². The average molecular weight is 254 g/mol. The summed E-state index contributed by atoms with van der Waals surface area (Å²) in [6.45, 7) is 4.55. The van der Waals surface area contributed by atoms with Crippen molar-refractivity contribution >= 4 is 0 Å². The van der Waals surface area contributed by atoms with Crippen molar-refractivity contribution in [2.45, 2.75) is 110 Å². The Morgan fingerprint density at radius 3 is 1.50 bits per heavy atom. The molecule has 0 radical (unpaired) electrons. The number of ether oxygens (including phenoxy) is 1. The Labute approximate surface area is 115 Å². The molecule has 1 rings (SSSR count). The van der Waals surface area contributed by atoms with Crippen LogP contribution in [-0.4, -0.2) is 12.2 Å². The van der Waals surface area contributed by atoms with Crippen LogP contribution in [0.1, 0.15) is 97.3 Å². The molecular weight excluding hydrogens is 220 g/mol. The first-order chi connectivity index (χ1) is 8.88. The molecule has 2 atom stereocenters. The topological polar surface area (TPSA) is 12.5 Å². The molecular formula is C17H34O. The molecule has 0 aliphatic carbocycles. The van der Waals surface area contributed by atoms with E-state index in [1.54, 1.807) is 0 Å². The summed E-state index contributed by atoms with van der Waals surface area (Å²) in [4.78, 5) is 0. The maximum Gasteiger partial charge on any atom is 0.0841 e. The number of epoxide rings is 1. The van der Waals surface area contributed by atoms with Gasteiger partial charge in [-0.2, -0.15) is 0 Å². The lowest BCUT2D eigenvalue weighted by molar-refractivity contribution is 0.348. The van der Waals surface area contributed by atoms with Crippen LogP contribution in [0.4, 0.5) is 0 Å². The molecule has 1 saturated heterocycles. The monoisotopic (exact) mass is 254 g/mol. The summed E-state index contributed by atoms with van der Waals surface area (Å²) in [5.41, 5.74) is 0. The second-order valence-electron chi connectivity index (χ2n) is 5.97. The normalized spacial score (nSPS) is 22.3. The van der Waals surface area contributed by atoms with Crippen molar-refractivity contribution in [3.05, 3.63) is 0 Å². The van der Waals surface area contributed by atoms with Gasteiger partial charge in [0.1, 0.15) is 0 Å². The van der Waals surface area contributed by atoms with Crippen molar-refractivity contribution in [2.24, 2.45) is 0 Å². The molecule has 1 fully saturated rings. The number of hydrogen-bond donors (Lipinski definition) is 0. The molecule has 1 heterocycles. The Hall–Kier alpha value is -0.0400. The van der Waals surface area contributed by atoms with Gasteiger partial charge in [-0.05, 0) is 12.8 Å². The molecule has 0 amide bonds. The highest BCUT2D eigenvalue weighted by Crippen LogP contribution is 2.31. The van der Waals surface area contributed by atoms with Gasteiger partial charge in [0.05, 0.1) is 12.2 Å². The molecule has 18 heavy (non-hydrogen) atoms. The molecule has 0 saturated carbocycles. The van der Waals surface area contributed by atoms with Crippen LogP contribution >= 0.6 is 0 Å². The quantitative estimate of drug-likeness (QED) is 0.296. The lowest BCUT2D eigenvalue weighted by Gasteiger charge is -2.00. The van der Waals surface area contributed by atoms with Gasteiger partial charge in [0.2, 0.25) is 0 Å². The van der Waals surface area contributed by atoms with E-state index in [-0.39, 0.29) is 0 Å². The minimum absolute atomic E-state index is 0.640. The minimum Gasteiger partial charge on any atom is -0.370 e. The van der Waals surface area contributed by atoms with Crippen LogP contribution in [0.25, 0.3) is 0 Å². The third-order valence-corrected chi connectivity index (χ3v) is 4.12. The summed E-state index contributed by atoms with van der Waals surface area (Å²) < 4.78 is 5.72. The van der Waals surface area contributed by atoms with Gasteiger partial charge in [0.25, 0.3) is 0 Å². The van der Waals surface area contributed by atoms with E-state index in [9.17, 15) is 0 Å². The van der Waals surface area contributed by atoms with Crippen molar-refractivity contribution in [1.82, 2.24) is 0 Å². The van der Waals surface area contributed by atoms with Crippen LogP contribution in [0.3, 0.4) is 0 Å². The van der Waals surface area contributed by atoms with E-state index in [1.165, 1.54) is 83.5 Å². The number of rotatable bonds is 13. The fraction of sp³-hybridized carbons (Fsp3) is 1.00. The molecule has 108 valence electrons. The highest BCUT2D eigenvalue weighted by atomic mass is 16.6. The molecule has 1 aliphatic heterocycles. The third kappa shape index (κ3) is 8.13. The molecule has 1 nitrogen and oxygen atoms in total. The Morgan fingerprint density at radius 2 is 0.944 bits per heavy atom. The van der Waals surface area contributed by atoms with Gasteiger partial charge >= 0.3 is 0 Å². The summed E-state index contributed by atoms with van der Waals surface area (Å²) in [5, 5.41) is 0. The van der Waals surface area contributed by atoms with E-state index in [1.807, 2.05) is 0 Å².